The molecular formula is C34H35ClN2O3S. The molecule has 0 saturated carbocycles. The van der Waals surface area contributed by atoms with E-state index in [1.54, 1.807) is 25.6 Å². The lowest BCUT2D eigenvalue weighted by Crippen LogP contribution is -2.30. The molecule has 2 heterocycles. The number of carboxylic acids is 1. The Bertz CT molecular complexity index is 1720. The summed E-state index contributed by atoms with van der Waals surface area (Å²) in [5.74, 6) is -0.0828. The minimum atomic E-state index is -0.957. The molecule has 5 aromatic rings. The number of aliphatic carboxylic acids is 1. The molecule has 0 saturated heterocycles. The summed E-state index contributed by atoms with van der Waals surface area (Å²) in [5.41, 5.74) is 4.04. The number of nitrogens with zero attached hydrogens (tertiary/aromatic N) is 2. The maximum Gasteiger partial charge on any atom is 0.310 e. The van der Waals surface area contributed by atoms with Gasteiger partial charge in [0.25, 0.3) is 0 Å². The second-order valence-electron chi connectivity index (χ2n) is 12.0. The van der Waals surface area contributed by atoms with E-state index in [1.807, 2.05) is 60.7 Å². The highest BCUT2D eigenvalue weighted by molar-refractivity contribution is 8.00. The Labute approximate surface area is 250 Å². The molecular weight excluding hydrogens is 552 g/mol. The van der Waals surface area contributed by atoms with Crippen molar-refractivity contribution in [1.29, 1.82) is 0 Å². The van der Waals surface area contributed by atoms with Gasteiger partial charge >= 0.3 is 5.97 Å². The Morgan fingerprint density at radius 2 is 1.71 bits per heavy atom. The molecule has 7 heteroatoms. The minimum Gasteiger partial charge on any atom is -0.487 e. The number of hydrogen-bond donors (Lipinski definition) is 1. The van der Waals surface area contributed by atoms with Gasteiger partial charge in [0.1, 0.15) is 12.4 Å². The maximum absolute atomic E-state index is 12.2. The van der Waals surface area contributed by atoms with Crippen LogP contribution in [-0.2, 0) is 24.4 Å². The molecule has 0 aliphatic rings. The van der Waals surface area contributed by atoms with Gasteiger partial charge in [0, 0.05) is 49.6 Å². The topological polar surface area (TPSA) is 64.4 Å². The smallest absolute Gasteiger partial charge is 0.310 e. The van der Waals surface area contributed by atoms with Crippen molar-refractivity contribution in [2.45, 2.75) is 63.8 Å². The van der Waals surface area contributed by atoms with E-state index < -0.39 is 11.4 Å². The molecule has 2 aromatic heterocycles. The van der Waals surface area contributed by atoms with E-state index in [0.717, 1.165) is 49.4 Å². The van der Waals surface area contributed by atoms with E-state index in [2.05, 4.69) is 43.5 Å². The summed E-state index contributed by atoms with van der Waals surface area (Å²) in [6.45, 7) is 10.8. The van der Waals surface area contributed by atoms with Crippen LogP contribution < -0.4 is 4.74 Å². The van der Waals surface area contributed by atoms with Gasteiger partial charge in [0.05, 0.1) is 16.6 Å². The van der Waals surface area contributed by atoms with Crippen LogP contribution in [0.2, 0.25) is 5.02 Å². The zero-order chi connectivity index (χ0) is 29.4. The summed E-state index contributed by atoms with van der Waals surface area (Å²) in [6.07, 6.45) is 0.650. The van der Waals surface area contributed by atoms with Gasteiger partial charge in [0.15, 0.2) is 0 Å². The Hall–Kier alpha value is -3.48. The lowest BCUT2D eigenvalue weighted by molar-refractivity contribution is -0.147. The minimum absolute atomic E-state index is 0.0674. The Morgan fingerprint density at radius 1 is 0.976 bits per heavy atom. The van der Waals surface area contributed by atoms with Crippen molar-refractivity contribution in [3.05, 3.63) is 101 Å². The van der Waals surface area contributed by atoms with Gasteiger partial charge in [0.2, 0.25) is 0 Å². The fourth-order valence-electron chi connectivity index (χ4n) is 4.83. The first-order valence-corrected chi connectivity index (χ1v) is 14.9. The van der Waals surface area contributed by atoms with Crippen molar-refractivity contribution < 1.29 is 14.6 Å². The predicted octanol–water partition coefficient (Wildman–Crippen LogP) is 9.01. The van der Waals surface area contributed by atoms with Crippen molar-refractivity contribution >= 4 is 51.1 Å². The Morgan fingerprint density at radius 3 is 2.41 bits per heavy atom. The first-order chi connectivity index (χ1) is 19.4. The number of ether oxygens (including phenoxy) is 1. The molecule has 0 unspecified atom stereocenters. The lowest BCUT2D eigenvalue weighted by atomic mass is 9.93. The molecule has 3 aromatic carbocycles. The van der Waals surface area contributed by atoms with Gasteiger partial charge in [-0.3, -0.25) is 4.79 Å². The molecule has 0 atom stereocenters. The molecule has 0 radical (unpaired) electrons. The van der Waals surface area contributed by atoms with E-state index in [1.165, 1.54) is 0 Å². The van der Waals surface area contributed by atoms with Crippen molar-refractivity contribution in [3.63, 3.8) is 0 Å². The van der Waals surface area contributed by atoms with Crippen molar-refractivity contribution in [1.82, 2.24) is 9.55 Å². The van der Waals surface area contributed by atoms with E-state index in [-0.39, 0.29) is 4.75 Å². The molecule has 5 nitrogen and oxygen atoms in total. The van der Waals surface area contributed by atoms with E-state index in [4.69, 9.17) is 21.3 Å². The van der Waals surface area contributed by atoms with E-state index in [0.29, 0.717) is 24.6 Å². The number of carboxylic acid groups (broad SMARTS) is 1. The third-order valence-corrected chi connectivity index (χ3v) is 8.48. The third-order valence-electron chi connectivity index (χ3n) is 6.96. The number of thioether (sulfide) groups is 1. The molecule has 0 aliphatic heterocycles. The molecule has 0 spiro atoms. The van der Waals surface area contributed by atoms with Crippen LogP contribution in [0.25, 0.3) is 21.8 Å². The average molecular weight is 587 g/mol. The molecule has 5 rings (SSSR count). The lowest BCUT2D eigenvalue weighted by Gasteiger charge is -2.24. The number of fused-ring (bicyclic) bond motifs is 2. The molecule has 0 bridgehead atoms. The number of benzene rings is 3. The second kappa shape index (κ2) is 11.4. The quantitative estimate of drug-likeness (QED) is 0.175. The van der Waals surface area contributed by atoms with Gasteiger partial charge in [-0.15, -0.1) is 11.8 Å². The second-order valence-corrected chi connectivity index (χ2v) is 14.3. The molecule has 0 fully saturated rings. The van der Waals surface area contributed by atoms with E-state index >= 15 is 0 Å². The van der Waals surface area contributed by atoms with Crippen molar-refractivity contribution in [2.24, 2.45) is 5.41 Å². The molecule has 0 amide bonds. The van der Waals surface area contributed by atoms with Crippen LogP contribution in [0.3, 0.4) is 0 Å². The first-order valence-electron chi connectivity index (χ1n) is 13.7. The highest BCUT2D eigenvalue weighted by Gasteiger charge is 2.31. The fourth-order valence-corrected chi connectivity index (χ4v) is 6.14. The normalized spacial score (nSPS) is 12.2. The van der Waals surface area contributed by atoms with E-state index in [9.17, 15) is 9.90 Å². The van der Waals surface area contributed by atoms with Gasteiger partial charge < -0.3 is 14.4 Å². The monoisotopic (exact) mass is 586 g/mol. The Balaban J connectivity index is 1.58. The van der Waals surface area contributed by atoms with Crippen LogP contribution >= 0.6 is 23.4 Å². The number of rotatable bonds is 9. The zero-order valence-electron chi connectivity index (χ0n) is 24.1. The van der Waals surface area contributed by atoms with Crippen LogP contribution in [0, 0.1) is 5.41 Å². The van der Waals surface area contributed by atoms with Crippen LogP contribution in [0.15, 0.2) is 83.8 Å². The SMILES string of the molecule is CC(C)(C)Sc1c(Cc2ccc(Cl)cc2)n(CC(C)(C)C(=O)O)c2ccc(OCc3ccc4ccccc4n3)cc12. The maximum atomic E-state index is 12.2. The number of halogens is 1. The standard InChI is InChI=1S/C34H35ClN2O3S/c1-33(2,3)41-31-27-19-26(40-20-25-15-12-23-8-6-7-9-28(23)36-25)16-17-29(27)37(21-34(4,5)32(38)39)30(31)18-22-10-13-24(35)14-11-22/h6-17,19H,18,20-21H2,1-5H3,(H,38,39). The van der Waals surface area contributed by atoms with Crippen LogP contribution in [0.4, 0.5) is 0 Å². The van der Waals surface area contributed by atoms with Gasteiger partial charge in [-0.2, -0.15) is 0 Å². The number of aromatic nitrogens is 2. The first kappa shape index (κ1) is 29.0. The molecule has 212 valence electrons. The summed E-state index contributed by atoms with van der Waals surface area (Å²) < 4.78 is 8.38. The third kappa shape index (κ3) is 6.71. The number of hydrogen-bond acceptors (Lipinski definition) is 4. The van der Waals surface area contributed by atoms with Crippen molar-refractivity contribution in [2.75, 3.05) is 0 Å². The fraction of sp³-hybridized carbons (Fsp3) is 0.294. The van der Waals surface area contributed by atoms with Gasteiger partial charge in [-0.05, 0) is 61.9 Å². The van der Waals surface area contributed by atoms with Gasteiger partial charge in [-0.1, -0.05) is 68.8 Å². The molecule has 1 N–H and O–H groups in total. The highest BCUT2D eigenvalue weighted by atomic mass is 35.5. The summed E-state index contributed by atoms with van der Waals surface area (Å²) in [5, 5.41) is 12.8. The average Bonchev–Trinajstić information content (AvgIpc) is 3.18. The molecule has 41 heavy (non-hydrogen) atoms. The Kier molecular flexibility index (Phi) is 8.09. The summed E-state index contributed by atoms with van der Waals surface area (Å²) in [4.78, 5) is 18.1. The number of para-hydroxylation sites is 1. The summed E-state index contributed by atoms with van der Waals surface area (Å²) in [6, 6.07) is 26.1. The zero-order valence-corrected chi connectivity index (χ0v) is 25.6. The van der Waals surface area contributed by atoms with Crippen LogP contribution in [0.1, 0.15) is 51.6 Å². The highest BCUT2D eigenvalue weighted by Crippen LogP contribution is 2.44. The van der Waals surface area contributed by atoms with Gasteiger partial charge in [-0.25, -0.2) is 4.98 Å². The predicted molar refractivity (Wildman–Crippen MR) is 169 cm³/mol. The summed E-state index contributed by atoms with van der Waals surface area (Å²) in [7, 11) is 0. The van der Waals surface area contributed by atoms with Crippen LogP contribution in [0.5, 0.6) is 5.75 Å². The number of carbonyl (C=O) groups is 1. The van der Waals surface area contributed by atoms with Crippen molar-refractivity contribution in [3.8, 4) is 5.75 Å². The molecule has 0 aliphatic carbocycles. The largest absolute Gasteiger partial charge is 0.487 e. The van der Waals surface area contributed by atoms with Crippen LogP contribution in [-0.4, -0.2) is 25.4 Å². The number of pyridine rings is 1. The summed E-state index contributed by atoms with van der Waals surface area (Å²) >= 11 is 7.97.